The Balaban J connectivity index is 2.77. The van der Waals surface area contributed by atoms with Crippen LogP contribution >= 0.6 is 11.6 Å². The minimum Gasteiger partial charge on any atom is -0.495 e. The molecule has 0 radical (unpaired) electrons. The second kappa shape index (κ2) is 5.61. The van der Waals surface area contributed by atoms with Crippen LogP contribution in [0.25, 0.3) is 0 Å². The normalized spacial score (nSPS) is 9.94. The van der Waals surface area contributed by atoms with Gasteiger partial charge in [-0.25, -0.2) is 0 Å². The van der Waals surface area contributed by atoms with Crippen LogP contribution in [-0.2, 0) is 4.79 Å². The molecule has 0 atom stereocenters. The Bertz CT molecular complexity index is 393. The highest BCUT2D eigenvalue weighted by molar-refractivity contribution is 6.31. The maximum absolute atomic E-state index is 10.4. The van der Waals surface area contributed by atoms with Gasteiger partial charge >= 0.3 is 5.97 Å². The Morgan fingerprint density at radius 2 is 2.25 bits per heavy atom. The van der Waals surface area contributed by atoms with E-state index in [-0.39, 0.29) is 6.42 Å². The summed E-state index contributed by atoms with van der Waals surface area (Å²) in [5.74, 6) is -0.183. The van der Waals surface area contributed by atoms with Gasteiger partial charge in [-0.3, -0.25) is 4.79 Å². The zero-order valence-corrected chi connectivity index (χ0v) is 9.97. The van der Waals surface area contributed by atoms with Crippen molar-refractivity contribution >= 4 is 23.3 Å². The number of aliphatic carboxylic acids is 1. The number of aryl methyl sites for hydroxylation is 1. The number of ether oxygens (including phenoxy) is 1. The number of halogens is 1. The number of hydrogen-bond donors (Lipinski definition) is 2. The first-order valence-corrected chi connectivity index (χ1v) is 5.22. The molecule has 0 aromatic heterocycles. The summed E-state index contributed by atoms with van der Waals surface area (Å²) in [5, 5.41) is 12.1. The molecule has 0 aliphatic rings. The molecular weight excluding hydrogens is 230 g/mol. The molecule has 0 saturated heterocycles. The number of carboxylic acid groups (broad SMARTS) is 1. The minimum atomic E-state index is -0.843. The third-order valence-corrected chi connectivity index (χ3v) is 2.54. The number of hydrogen-bond acceptors (Lipinski definition) is 3. The van der Waals surface area contributed by atoms with Gasteiger partial charge in [0.15, 0.2) is 0 Å². The first-order valence-electron chi connectivity index (χ1n) is 4.84. The van der Waals surface area contributed by atoms with Gasteiger partial charge in [0.2, 0.25) is 0 Å². The fraction of sp³-hybridized carbons (Fsp3) is 0.364. The van der Waals surface area contributed by atoms with Crippen LogP contribution in [0.5, 0.6) is 5.75 Å². The Hall–Kier alpha value is -1.42. The Morgan fingerprint density at radius 3 is 2.81 bits per heavy atom. The lowest BCUT2D eigenvalue weighted by atomic mass is 10.2. The highest BCUT2D eigenvalue weighted by Crippen LogP contribution is 2.30. The van der Waals surface area contributed by atoms with Crippen LogP contribution in [0.3, 0.4) is 0 Å². The van der Waals surface area contributed by atoms with Gasteiger partial charge in [0.05, 0.1) is 19.2 Å². The van der Waals surface area contributed by atoms with Crippen LogP contribution in [0.2, 0.25) is 5.02 Å². The monoisotopic (exact) mass is 243 g/mol. The van der Waals surface area contributed by atoms with Gasteiger partial charge < -0.3 is 15.2 Å². The highest BCUT2D eigenvalue weighted by Gasteiger charge is 2.06. The molecule has 4 nitrogen and oxygen atoms in total. The van der Waals surface area contributed by atoms with Gasteiger partial charge in [-0.1, -0.05) is 11.6 Å². The predicted octanol–water partition coefficient (Wildman–Crippen LogP) is 2.54. The van der Waals surface area contributed by atoms with E-state index >= 15 is 0 Å². The fourth-order valence-electron chi connectivity index (χ4n) is 1.27. The number of benzene rings is 1. The summed E-state index contributed by atoms with van der Waals surface area (Å²) in [7, 11) is 1.56. The molecule has 0 amide bonds. The van der Waals surface area contributed by atoms with Gasteiger partial charge in [-0.05, 0) is 24.6 Å². The van der Waals surface area contributed by atoms with E-state index < -0.39 is 5.97 Å². The lowest BCUT2D eigenvalue weighted by Crippen LogP contribution is -2.08. The smallest absolute Gasteiger partial charge is 0.305 e. The molecule has 0 aliphatic carbocycles. The van der Waals surface area contributed by atoms with E-state index in [2.05, 4.69) is 5.32 Å². The molecule has 0 heterocycles. The van der Waals surface area contributed by atoms with Crippen LogP contribution < -0.4 is 10.1 Å². The Kier molecular flexibility index (Phi) is 4.43. The third kappa shape index (κ3) is 3.31. The molecule has 2 N–H and O–H groups in total. The zero-order valence-electron chi connectivity index (χ0n) is 9.21. The molecule has 0 spiro atoms. The molecule has 16 heavy (non-hydrogen) atoms. The maximum atomic E-state index is 10.4. The largest absolute Gasteiger partial charge is 0.495 e. The molecule has 0 bridgehead atoms. The van der Waals surface area contributed by atoms with Crippen molar-refractivity contribution in [2.24, 2.45) is 0 Å². The van der Waals surface area contributed by atoms with Crippen molar-refractivity contribution in [3.8, 4) is 5.75 Å². The van der Waals surface area contributed by atoms with Crippen LogP contribution in [0.4, 0.5) is 5.69 Å². The minimum absolute atomic E-state index is 0.0502. The van der Waals surface area contributed by atoms with E-state index in [9.17, 15) is 4.79 Å². The second-order valence-electron chi connectivity index (χ2n) is 3.37. The summed E-state index contributed by atoms with van der Waals surface area (Å²) in [6.45, 7) is 2.22. The molecule has 0 saturated carbocycles. The van der Waals surface area contributed by atoms with E-state index in [0.29, 0.717) is 23.0 Å². The van der Waals surface area contributed by atoms with E-state index in [1.165, 1.54) is 0 Å². The van der Waals surface area contributed by atoms with Crippen molar-refractivity contribution in [1.82, 2.24) is 0 Å². The molecule has 1 rings (SSSR count). The molecule has 88 valence electrons. The van der Waals surface area contributed by atoms with Gasteiger partial charge in [0.1, 0.15) is 5.75 Å². The van der Waals surface area contributed by atoms with E-state index in [1.54, 1.807) is 13.2 Å². The number of carboxylic acids is 1. The average molecular weight is 244 g/mol. The van der Waals surface area contributed by atoms with Crippen LogP contribution in [0.1, 0.15) is 12.0 Å². The highest BCUT2D eigenvalue weighted by atomic mass is 35.5. The van der Waals surface area contributed by atoms with Gasteiger partial charge in [-0.15, -0.1) is 0 Å². The van der Waals surface area contributed by atoms with Gasteiger partial charge in [0.25, 0.3) is 0 Å². The number of anilines is 1. The summed E-state index contributed by atoms with van der Waals surface area (Å²) in [4.78, 5) is 10.4. The van der Waals surface area contributed by atoms with Crippen LogP contribution in [-0.4, -0.2) is 24.7 Å². The Labute approximate surface area is 99.2 Å². The lowest BCUT2D eigenvalue weighted by molar-refractivity contribution is -0.136. The topological polar surface area (TPSA) is 58.6 Å². The van der Waals surface area contributed by atoms with Crippen LogP contribution in [0, 0.1) is 6.92 Å². The number of rotatable bonds is 5. The number of nitrogens with one attached hydrogen (secondary N) is 1. The predicted molar refractivity (Wildman–Crippen MR) is 63.5 cm³/mol. The van der Waals surface area contributed by atoms with Gasteiger partial charge in [-0.2, -0.15) is 0 Å². The summed E-state index contributed by atoms with van der Waals surface area (Å²) >= 11 is 5.97. The maximum Gasteiger partial charge on any atom is 0.305 e. The average Bonchev–Trinajstić information content (AvgIpc) is 2.22. The lowest BCUT2D eigenvalue weighted by Gasteiger charge is -2.12. The van der Waals surface area contributed by atoms with Crippen molar-refractivity contribution in [3.05, 3.63) is 22.7 Å². The zero-order chi connectivity index (χ0) is 12.1. The first kappa shape index (κ1) is 12.6. The number of methoxy groups -OCH3 is 1. The van der Waals surface area contributed by atoms with Crippen molar-refractivity contribution in [2.75, 3.05) is 19.0 Å². The summed E-state index contributed by atoms with van der Waals surface area (Å²) in [5.41, 5.74) is 1.63. The van der Waals surface area contributed by atoms with Crippen molar-refractivity contribution < 1.29 is 14.6 Å². The fourth-order valence-corrected chi connectivity index (χ4v) is 1.43. The van der Waals surface area contributed by atoms with E-state index in [4.69, 9.17) is 21.4 Å². The first-order chi connectivity index (χ1) is 7.54. The molecule has 1 aromatic carbocycles. The third-order valence-electron chi connectivity index (χ3n) is 2.14. The molecular formula is C11H14ClNO3. The Morgan fingerprint density at radius 1 is 1.56 bits per heavy atom. The van der Waals surface area contributed by atoms with Gasteiger partial charge in [0, 0.05) is 11.6 Å². The molecule has 5 heteroatoms. The van der Waals surface area contributed by atoms with E-state index in [0.717, 1.165) is 5.56 Å². The quantitative estimate of drug-likeness (QED) is 0.835. The molecule has 1 aromatic rings. The van der Waals surface area contributed by atoms with Crippen molar-refractivity contribution in [3.63, 3.8) is 0 Å². The van der Waals surface area contributed by atoms with Crippen LogP contribution in [0.15, 0.2) is 12.1 Å². The molecule has 0 aliphatic heterocycles. The second-order valence-corrected chi connectivity index (χ2v) is 3.78. The molecule has 0 unspecified atom stereocenters. The summed E-state index contributed by atoms with van der Waals surface area (Å²) in [6, 6.07) is 3.54. The molecule has 0 fully saturated rings. The van der Waals surface area contributed by atoms with Crippen molar-refractivity contribution in [2.45, 2.75) is 13.3 Å². The SMILES string of the molecule is COc1cc(C)c(Cl)cc1NCCC(=O)O. The summed E-state index contributed by atoms with van der Waals surface area (Å²) < 4.78 is 5.17. The standard InChI is InChI=1S/C11H14ClNO3/c1-7-5-10(16-2)9(6-8(7)12)13-4-3-11(14)15/h5-6,13H,3-4H2,1-2H3,(H,14,15). The van der Waals surface area contributed by atoms with Crippen molar-refractivity contribution in [1.29, 1.82) is 0 Å². The summed E-state index contributed by atoms with van der Waals surface area (Å²) in [6.07, 6.45) is 0.0502. The number of carbonyl (C=O) groups is 1. The van der Waals surface area contributed by atoms with E-state index in [1.807, 2.05) is 13.0 Å².